The fraction of sp³-hybridized carbons (Fsp3) is 0.562. The molecule has 1 amide bonds. The molecular formula is C16H25ClN2O5. The molecule has 0 radical (unpaired) electrons. The van der Waals surface area contributed by atoms with Gasteiger partial charge in [0.25, 0.3) is 5.91 Å². The molecule has 1 aromatic carbocycles. The number of halogens is 1. The Hall–Kier alpha value is -1.54. The smallest absolute Gasteiger partial charge is 0.253 e. The topological polar surface area (TPSA) is 92.0 Å². The van der Waals surface area contributed by atoms with Crippen molar-refractivity contribution in [3.8, 4) is 11.5 Å². The van der Waals surface area contributed by atoms with Gasteiger partial charge in [-0.05, 0) is 25.0 Å². The Kier molecular flexibility index (Phi) is 8.84. The monoisotopic (exact) mass is 360 g/mol. The summed E-state index contributed by atoms with van der Waals surface area (Å²) >= 11 is 0. The minimum absolute atomic E-state index is 0. The average Bonchev–Trinajstić information content (AvgIpc) is 3.04. The summed E-state index contributed by atoms with van der Waals surface area (Å²) in [6.07, 6.45) is 1.00. The van der Waals surface area contributed by atoms with Crippen molar-refractivity contribution in [3.63, 3.8) is 0 Å². The lowest BCUT2D eigenvalue weighted by Gasteiger charge is -2.15. The van der Waals surface area contributed by atoms with E-state index in [2.05, 4.69) is 5.32 Å². The number of ether oxygens (including phenoxy) is 4. The molecule has 0 spiro atoms. The molecule has 7 nitrogen and oxygen atoms in total. The van der Waals surface area contributed by atoms with Gasteiger partial charge >= 0.3 is 0 Å². The Morgan fingerprint density at radius 1 is 1.29 bits per heavy atom. The zero-order valence-corrected chi connectivity index (χ0v) is 14.8. The molecule has 3 N–H and O–H groups in total. The SMILES string of the molecule is COCCOc1cc(NC(=O)[C@@H]2CC[C@H](CN)O2)ccc1OC.Cl. The lowest BCUT2D eigenvalue weighted by Crippen LogP contribution is -2.29. The standard InChI is InChI=1S/C16H24N2O5.ClH/c1-20-7-8-22-15-9-11(3-5-13(15)21-2)18-16(19)14-6-4-12(10-17)23-14;/h3,5,9,12,14H,4,6-8,10,17H2,1-2H3,(H,18,19);1H/t12-,14+;/m1./s1. The second-order valence-corrected chi connectivity index (χ2v) is 5.26. The summed E-state index contributed by atoms with van der Waals surface area (Å²) in [5.74, 6) is 0.975. The number of hydrogen-bond acceptors (Lipinski definition) is 6. The number of benzene rings is 1. The number of rotatable bonds is 8. The highest BCUT2D eigenvalue weighted by Crippen LogP contribution is 2.30. The molecule has 24 heavy (non-hydrogen) atoms. The normalized spacial score (nSPS) is 19.5. The van der Waals surface area contributed by atoms with Crippen molar-refractivity contribution in [1.82, 2.24) is 0 Å². The second-order valence-electron chi connectivity index (χ2n) is 5.26. The third-order valence-corrected chi connectivity index (χ3v) is 3.64. The number of nitrogens with one attached hydrogen (secondary N) is 1. The van der Waals surface area contributed by atoms with Gasteiger partial charge in [-0.2, -0.15) is 0 Å². The Morgan fingerprint density at radius 2 is 2.08 bits per heavy atom. The molecule has 2 atom stereocenters. The third-order valence-electron chi connectivity index (χ3n) is 3.64. The summed E-state index contributed by atoms with van der Waals surface area (Å²) in [5, 5.41) is 2.84. The van der Waals surface area contributed by atoms with Gasteiger partial charge in [0.2, 0.25) is 0 Å². The molecule has 1 heterocycles. The predicted molar refractivity (Wildman–Crippen MR) is 93.2 cm³/mol. The maximum absolute atomic E-state index is 12.2. The molecule has 1 saturated heterocycles. The highest BCUT2D eigenvalue weighted by atomic mass is 35.5. The number of carbonyl (C=O) groups excluding carboxylic acids is 1. The molecule has 0 aromatic heterocycles. The van der Waals surface area contributed by atoms with Crippen LogP contribution in [-0.4, -0.2) is 52.1 Å². The largest absolute Gasteiger partial charge is 0.493 e. The number of hydrogen-bond donors (Lipinski definition) is 2. The second kappa shape index (κ2) is 10.4. The molecule has 0 saturated carbocycles. The molecule has 1 aliphatic rings. The van der Waals surface area contributed by atoms with E-state index in [1.165, 1.54) is 0 Å². The summed E-state index contributed by atoms with van der Waals surface area (Å²) in [5.41, 5.74) is 6.19. The fourth-order valence-corrected chi connectivity index (χ4v) is 2.40. The number of anilines is 1. The van der Waals surface area contributed by atoms with Gasteiger partial charge in [0, 0.05) is 25.4 Å². The zero-order valence-electron chi connectivity index (χ0n) is 13.9. The summed E-state index contributed by atoms with van der Waals surface area (Å²) in [7, 11) is 3.17. The first-order chi connectivity index (χ1) is 11.2. The van der Waals surface area contributed by atoms with Crippen molar-refractivity contribution >= 4 is 24.0 Å². The Bertz CT molecular complexity index is 529. The van der Waals surface area contributed by atoms with Crippen LogP contribution in [0.25, 0.3) is 0 Å². The van der Waals surface area contributed by atoms with E-state index >= 15 is 0 Å². The molecule has 0 aliphatic carbocycles. The number of carbonyl (C=O) groups is 1. The van der Waals surface area contributed by atoms with Gasteiger partial charge in [-0.25, -0.2) is 0 Å². The van der Waals surface area contributed by atoms with Crippen LogP contribution in [0, 0.1) is 0 Å². The van der Waals surface area contributed by atoms with Gasteiger partial charge in [-0.3, -0.25) is 4.79 Å². The zero-order chi connectivity index (χ0) is 16.7. The minimum atomic E-state index is -0.455. The van der Waals surface area contributed by atoms with Crippen LogP contribution in [0.4, 0.5) is 5.69 Å². The molecule has 2 rings (SSSR count). The number of amides is 1. The molecular weight excluding hydrogens is 336 g/mol. The van der Waals surface area contributed by atoms with E-state index in [0.717, 1.165) is 6.42 Å². The highest BCUT2D eigenvalue weighted by Gasteiger charge is 2.29. The molecule has 8 heteroatoms. The summed E-state index contributed by atoms with van der Waals surface area (Å²) in [4.78, 5) is 12.2. The van der Waals surface area contributed by atoms with Crippen molar-refractivity contribution < 1.29 is 23.7 Å². The molecule has 136 valence electrons. The predicted octanol–water partition coefficient (Wildman–Crippen LogP) is 1.59. The average molecular weight is 361 g/mol. The molecule has 0 bridgehead atoms. The van der Waals surface area contributed by atoms with Crippen LogP contribution in [0.2, 0.25) is 0 Å². The van der Waals surface area contributed by atoms with Crippen molar-refractivity contribution in [3.05, 3.63) is 18.2 Å². The lowest BCUT2D eigenvalue weighted by atomic mass is 10.2. The van der Waals surface area contributed by atoms with Crippen molar-refractivity contribution in [2.24, 2.45) is 5.73 Å². The number of nitrogens with two attached hydrogens (primary N) is 1. The summed E-state index contributed by atoms with van der Waals surface area (Å²) in [6, 6.07) is 5.23. The highest BCUT2D eigenvalue weighted by molar-refractivity contribution is 5.94. The first-order valence-electron chi connectivity index (χ1n) is 7.64. The van der Waals surface area contributed by atoms with Gasteiger partial charge in [0.15, 0.2) is 11.5 Å². The molecule has 1 aliphatic heterocycles. The van der Waals surface area contributed by atoms with Crippen LogP contribution in [0.15, 0.2) is 18.2 Å². The van der Waals surface area contributed by atoms with Gasteiger partial charge in [-0.1, -0.05) is 0 Å². The third kappa shape index (κ3) is 5.52. The molecule has 1 aromatic rings. The van der Waals surface area contributed by atoms with E-state index in [0.29, 0.717) is 43.4 Å². The van der Waals surface area contributed by atoms with Crippen LogP contribution in [0.1, 0.15) is 12.8 Å². The first kappa shape index (κ1) is 20.5. The van der Waals surface area contributed by atoms with Crippen molar-refractivity contribution in [2.75, 3.05) is 39.3 Å². The van der Waals surface area contributed by atoms with E-state index < -0.39 is 6.10 Å². The van der Waals surface area contributed by atoms with E-state index in [9.17, 15) is 4.79 Å². The van der Waals surface area contributed by atoms with Gasteiger partial charge in [-0.15, -0.1) is 12.4 Å². The Balaban J connectivity index is 0.00000288. The van der Waals surface area contributed by atoms with Crippen LogP contribution >= 0.6 is 12.4 Å². The van der Waals surface area contributed by atoms with Gasteiger partial charge in [0.05, 0.1) is 19.8 Å². The van der Waals surface area contributed by atoms with E-state index in [-0.39, 0.29) is 24.4 Å². The quantitative estimate of drug-likeness (QED) is 0.684. The lowest BCUT2D eigenvalue weighted by molar-refractivity contribution is -0.126. The van der Waals surface area contributed by atoms with Gasteiger partial charge in [0.1, 0.15) is 12.7 Å². The Labute approximate surface area is 148 Å². The maximum Gasteiger partial charge on any atom is 0.253 e. The summed E-state index contributed by atoms with van der Waals surface area (Å²) < 4.78 is 21.4. The van der Waals surface area contributed by atoms with Crippen LogP contribution in [0.5, 0.6) is 11.5 Å². The van der Waals surface area contributed by atoms with E-state index in [1.54, 1.807) is 32.4 Å². The van der Waals surface area contributed by atoms with Crippen molar-refractivity contribution in [1.29, 1.82) is 0 Å². The molecule has 0 unspecified atom stereocenters. The van der Waals surface area contributed by atoms with Gasteiger partial charge < -0.3 is 30.0 Å². The number of methoxy groups -OCH3 is 2. The van der Waals surface area contributed by atoms with Crippen molar-refractivity contribution in [2.45, 2.75) is 25.0 Å². The van der Waals surface area contributed by atoms with Crippen LogP contribution in [0.3, 0.4) is 0 Å². The first-order valence-corrected chi connectivity index (χ1v) is 7.64. The van der Waals surface area contributed by atoms with E-state index in [4.69, 9.17) is 24.7 Å². The maximum atomic E-state index is 12.2. The Morgan fingerprint density at radius 3 is 2.71 bits per heavy atom. The fourth-order valence-electron chi connectivity index (χ4n) is 2.40. The molecule has 1 fully saturated rings. The van der Waals surface area contributed by atoms with E-state index in [1.807, 2.05) is 0 Å². The van der Waals surface area contributed by atoms with Crippen LogP contribution in [-0.2, 0) is 14.3 Å². The summed E-state index contributed by atoms with van der Waals surface area (Å²) in [6.45, 7) is 1.30. The van der Waals surface area contributed by atoms with Crippen LogP contribution < -0.4 is 20.5 Å². The minimum Gasteiger partial charge on any atom is -0.493 e.